The Morgan fingerprint density at radius 3 is 3.00 bits per heavy atom. The normalized spacial score (nSPS) is 19.0. The van der Waals surface area contributed by atoms with Crippen LogP contribution < -0.4 is 0 Å². The second-order valence-electron chi connectivity index (χ2n) is 5.18. The smallest absolute Gasteiger partial charge is 0.254 e. The highest BCUT2D eigenvalue weighted by Gasteiger charge is 2.27. The van der Waals surface area contributed by atoms with Crippen LogP contribution in [0.25, 0.3) is 6.08 Å². The van der Waals surface area contributed by atoms with Gasteiger partial charge >= 0.3 is 0 Å². The number of amides is 1. The first-order chi connectivity index (χ1) is 10.3. The first-order valence-electron chi connectivity index (χ1n) is 7.57. The van der Waals surface area contributed by atoms with E-state index in [0.29, 0.717) is 18.7 Å². The highest BCUT2D eigenvalue weighted by molar-refractivity contribution is 5.98. The number of rotatable bonds is 5. The number of ether oxygens (including phenoxy) is 1. The molecule has 1 fully saturated rings. The number of hydrogen-bond acceptors (Lipinski definition) is 3. The molecule has 1 amide bonds. The first kappa shape index (κ1) is 15.6. The molecule has 4 heteroatoms. The molecule has 1 saturated heterocycles. The van der Waals surface area contributed by atoms with Gasteiger partial charge in [0.05, 0.1) is 25.5 Å². The summed E-state index contributed by atoms with van der Waals surface area (Å²) >= 11 is 0. The predicted octanol–water partition coefficient (Wildman–Crippen LogP) is 2.68. The molecular weight excluding hydrogens is 266 g/mol. The quantitative estimate of drug-likeness (QED) is 0.848. The van der Waals surface area contributed by atoms with Crippen molar-refractivity contribution < 1.29 is 14.6 Å². The van der Waals surface area contributed by atoms with Gasteiger partial charge in [-0.1, -0.05) is 18.2 Å². The Bertz CT molecular complexity index is 499. The topological polar surface area (TPSA) is 49.8 Å². The molecule has 1 aliphatic rings. The van der Waals surface area contributed by atoms with E-state index >= 15 is 0 Å². The molecule has 0 spiro atoms. The minimum absolute atomic E-state index is 0.00880. The third-order valence-corrected chi connectivity index (χ3v) is 3.80. The molecule has 1 aromatic carbocycles. The largest absolute Gasteiger partial charge is 0.501 e. The van der Waals surface area contributed by atoms with Crippen molar-refractivity contribution in [3.05, 3.63) is 41.7 Å². The summed E-state index contributed by atoms with van der Waals surface area (Å²) in [4.78, 5) is 14.6. The highest BCUT2D eigenvalue weighted by atomic mass is 16.5. The van der Waals surface area contributed by atoms with Crippen LogP contribution in [0.3, 0.4) is 0 Å². The number of aliphatic hydroxyl groups excluding tert-OH is 1. The number of aliphatic hydroxyl groups is 1. The number of likely N-dealkylation sites (tertiary alicyclic amines) is 1. The van der Waals surface area contributed by atoms with E-state index in [2.05, 4.69) is 0 Å². The fraction of sp³-hybridized carbons (Fsp3) is 0.471. The summed E-state index contributed by atoms with van der Waals surface area (Å²) in [6.07, 6.45) is 6.37. The SMILES string of the molecule is CCO/C=C/c1ccccc1C(=O)N1CCCC[C@H]1CO. The molecule has 114 valence electrons. The van der Waals surface area contributed by atoms with Crippen molar-refractivity contribution in [3.8, 4) is 0 Å². The summed E-state index contributed by atoms with van der Waals surface area (Å²) in [6, 6.07) is 7.44. The lowest BCUT2D eigenvalue weighted by Gasteiger charge is -2.35. The Morgan fingerprint density at radius 2 is 2.24 bits per heavy atom. The number of piperidine rings is 1. The van der Waals surface area contributed by atoms with Crippen molar-refractivity contribution in [3.63, 3.8) is 0 Å². The Kier molecular flexibility index (Phi) is 5.81. The average molecular weight is 289 g/mol. The summed E-state index contributed by atoms with van der Waals surface area (Å²) in [5.74, 6) is -0.00880. The molecule has 0 unspecified atom stereocenters. The molecule has 4 nitrogen and oxygen atoms in total. The van der Waals surface area contributed by atoms with Gasteiger partial charge in [-0.25, -0.2) is 0 Å². The van der Waals surface area contributed by atoms with E-state index in [9.17, 15) is 9.90 Å². The molecule has 1 N–H and O–H groups in total. The molecular formula is C17H23NO3. The van der Waals surface area contributed by atoms with Gasteiger partial charge in [0.2, 0.25) is 0 Å². The van der Waals surface area contributed by atoms with Crippen LogP contribution >= 0.6 is 0 Å². The maximum Gasteiger partial charge on any atom is 0.254 e. The molecule has 1 atom stereocenters. The standard InChI is InChI=1S/C17H23NO3/c1-2-21-12-10-14-7-3-4-9-16(14)17(20)18-11-6-5-8-15(18)13-19/h3-4,7,9-10,12,15,19H,2,5-6,8,11,13H2,1H3/b12-10+/t15-/m0/s1. The van der Waals surface area contributed by atoms with E-state index in [1.165, 1.54) is 0 Å². The van der Waals surface area contributed by atoms with E-state index in [1.54, 1.807) is 11.2 Å². The molecule has 1 aliphatic heterocycles. The molecule has 21 heavy (non-hydrogen) atoms. The minimum atomic E-state index is -0.0600. The van der Waals surface area contributed by atoms with Crippen molar-refractivity contribution in [2.75, 3.05) is 19.8 Å². The minimum Gasteiger partial charge on any atom is -0.501 e. The van der Waals surface area contributed by atoms with Crippen LogP contribution in [0.15, 0.2) is 30.5 Å². The van der Waals surface area contributed by atoms with Crippen LogP contribution in [0.5, 0.6) is 0 Å². The van der Waals surface area contributed by atoms with Gasteiger partial charge in [0.25, 0.3) is 5.91 Å². The number of hydrogen-bond donors (Lipinski definition) is 1. The maximum atomic E-state index is 12.8. The predicted molar refractivity (Wildman–Crippen MR) is 82.9 cm³/mol. The number of nitrogens with zero attached hydrogens (tertiary/aromatic N) is 1. The van der Waals surface area contributed by atoms with Crippen LogP contribution in [-0.2, 0) is 4.74 Å². The van der Waals surface area contributed by atoms with Crippen molar-refractivity contribution in [1.82, 2.24) is 4.90 Å². The van der Waals surface area contributed by atoms with E-state index < -0.39 is 0 Å². The Balaban J connectivity index is 2.21. The lowest BCUT2D eigenvalue weighted by molar-refractivity contribution is 0.0503. The van der Waals surface area contributed by atoms with Crippen LogP contribution in [0.2, 0.25) is 0 Å². The first-order valence-corrected chi connectivity index (χ1v) is 7.57. The monoisotopic (exact) mass is 289 g/mol. The summed E-state index contributed by atoms with van der Waals surface area (Å²) in [5, 5.41) is 9.47. The summed E-state index contributed by atoms with van der Waals surface area (Å²) in [5.41, 5.74) is 1.51. The van der Waals surface area contributed by atoms with Gasteiger partial charge in [-0.2, -0.15) is 0 Å². The van der Waals surface area contributed by atoms with Gasteiger partial charge in [-0.05, 0) is 43.9 Å². The van der Waals surface area contributed by atoms with Gasteiger partial charge in [-0.3, -0.25) is 4.79 Å². The van der Waals surface area contributed by atoms with E-state index in [0.717, 1.165) is 24.8 Å². The zero-order chi connectivity index (χ0) is 15.1. The third kappa shape index (κ3) is 3.85. The van der Waals surface area contributed by atoms with Crippen molar-refractivity contribution in [1.29, 1.82) is 0 Å². The third-order valence-electron chi connectivity index (χ3n) is 3.80. The zero-order valence-electron chi connectivity index (χ0n) is 12.5. The fourth-order valence-electron chi connectivity index (χ4n) is 2.67. The van der Waals surface area contributed by atoms with Crippen molar-refractivity contribution in [2.45, 2.75) is 32.2 Å². The molecule has 0 aliphatic carbocycles. The van der Waals surface area contributed by atoms with Gasteiger partial charge in [-0.15, -0.1) is 0 Å². The second kappa shape index (κ2) is 7.84. The molecule has 0 saturated carbocycles. The zero-order valence-corrected chi connectivity index (χ0v) is 12.5. The average Bonchev–Trinajstić information content (AvgIpc) is 2.55. The van der Waals surface area contributed by atoms with Gasteiger partial charge in [0.15, 0.2) is 0 Å². The molecule has 0 aromatic heterocycles. The lowest BCUT2D eigenvalue weighted by Crippen LogP contribution is -2.45. The van der Waals surface area contributed by atoms with Gasteiger partial charge in [0, 0.05) is 12.1 Å². The molecule has 1 heterocycles. The second-order valence-corrected chi connectivity index (χ2v) is 5.18. The van der Waals surface area contributed by atoms with Crippen LogP contribution in [0, 0.1) is 0 Å². The van der Waals surface area contributed by atoms with Crippen molar-refractivity contribution >= 4 is 12.0 Å². The maximum absolute atomic E-state index is 12.8. The molecule has 0 bridgehead atoms. The fourth-order valence-corrected chi connectivity index (χ4v) is 2.67. The summed E-state index contributed by atoms with van der Waals surface area (Å²) in [7, 11) is 0. The molecule has 0 radical (unpaired) electrons. The summed E-state index contributed by atoms with van der Waals surface area (Å²) in [6.45, 7) is 3.27. The number of carbonyl (C=O) groups is 1. The summed E-state index contributed by atoms with van der Waals surface area (Å²) < 4.78 is 5.21. The van der Waals surface area contributed by atoms with Crippen molar-refractivity contribution in [2.24, 2.45) is 0 Å². The highest BCUT2D eigenvalue weighted by Crippen LogP contribution is 2.21. The Morgan fingerprint density at radius 1 is 1.43 bits per heavy atom. The van der Waals surface area contributed by atoms with Gasteiger partial charge in [0.1, 0.15) is 0 Å². The van der Waals surface area contributed by atoms with Crippen LogP contribution in [0.1, 0.15) is 42.1 Å². The van der Waals surface area contributed by atoms with E-state index in [-0.39, 0.29) is 18.6 Å². The molecule has 1 aromatic rings. The molecule has 2 rings (SSSR count). The number of benzene rings is 1. The number of carbonyl (C=O) groups excluding carboxylic acids is 1. The van der Waals surface area contributed by atoms with Crippen LogP contribution in [-0.4, -0.2) is 41.7 Å². The Labute approximate surface area is 126 Å². The van der Waals surface area contributed by atoms with Crippen LogP contribution in [0.4, 0.5) is 0 Å². The van der Waals surface area contributed by atoms with Gasteiger partial charge < -0.3 is 14.7 Å². The van der Waals surface area contributed by atoms with E-state index in [4.69, 9.17) is 4.74 Å². The lowest BCUT2D eigenvalue weighted by atomic mass is 9.99. The van der Waals surface area contributed by atoms with E-state index in [1.807, 2.05) is 37.3 Å². The Hall–Kier alpha value is -1.81.